The molecule has 0 aromatic heterocycles. The van der Waals surface area contributed by atoms with Crippen LogP contribution in [0, 0.1) is 5.82 Å². The molecule has 16 heavy (non-hydrogen) atoms. The van der Waals surface area contributed by atoms with E-state index in [1.807, 2.05) is 0 Å². The van der Waals surface area contributed by atoms with E-state index in [2.05, 4.69) is 0 Å². The van der Waals surface area contributed by atoms with E-state index in [0.717, 1.165) is 6.07 Å². The topological polar surface area (TPSA) is 55.8 Å². The molecule has 0 fully saturated rings. The molecule has 0 radical (unpaired) electrons. The summed E-state index contributed by atoms with van der Waals surface area (Å²) in [4.78, 5) is 10.9. The third-order valence-corrected chi connectivity index (χ3v) is 2.01. The Morgan fingerprint density at radius 3 is 2.50 bits per heavy atom. The monoisotopic (exact) mass is 228 g/mol. The van der Waals surface area contributed by atoms with Crippen molar-refractivity contribution in [2.45, 2.75) is 19.4 Å². The molecule has 1 aromatic rings. The van der Waals surface area contributed by atoms with Crippen LogP contribution in [0.15, 0.2) is 18.2 Å². The van der Waals surface area contributed by atoms with Crippen molar-refractivity contribution >= 4 is 5.97 Å². The number of hydrogen-bond acceptors (Lipinski definition) is 3. The van der Waals surface area contributed by atoms with E-state index >= 15 is 0 Å². The Morgan fingerprint density at radius 2 is 2.00 bits per heavy atom. The van der Waals surface area contributed by atoms with Crippen molar-refractivity contribution in [3.05, 3.63) is 24.0 Å². The van der Waals surface area contributed by atoms with Crippen LogP contribution in [0.1, 0.15) is 13.8 Å². The van der Waals surface area contributed by atoms with Crippen molar-refractivity contribution in [1.29, 1.82) is 0 Å². The number of aliphatic carboxylic acids is 1. The molecule has 0 saturated carbocycles. The van der Waals surface area contributed by atoms with E-state index in [1.165, 1.54) is 33.1 Å². The highest BCUT2D eigenvalue weighted by Crippen LogP contribution is 2.30. The summed E-state index contributed by atoms with van der Waals surface area (Å²) in [6.45, 7) is 2.75. The Hall–Kier alpha value is -1.78. The van der Waals surface area contributed by atoms with Crippen molar-refractivity contribution < 1.29 is 23.8 Å². The van der Waals surface area contributed by atoms with Crippen LogP contribution < -0.4 is 9.47 Å². The fourth-order valence-corrected chi connectivity index (χ4v) is 1.05. The molecule has 0 heterocycles. The maximum absolute atomic E-state index is 13.0. The first-order valence-electron chi connectivity index (χ1n) is 4.63. The SMILES string of the molecule is COc1ccc(F)cc1OC(C)(C)C(=O)O. The summed E-state index contributed by atoms with van der Waals surface area (Å²) in [5.74, 6) is -1.30. The maximum atomic E-state index is 13.0. The molecule has 4 nitrogen and oxygen atoms in total. The summed E-state index contributed by atoms with van der Waals surface area (Å²) in [7, 11) is 1.40. The predicted molar refractivity (Wildman–Crippen MR) is 55.3 cm³/mol. The van der Waals surface area contributed by atoms with Crippen molar-refractivity contribution in [3.63, 3.8) is 0 Å². The van der Waals surface area contributed by atoms with Gasteiger partial charge in [0.05, 0.1) is 7.11 Å². The van der Waals surface area contributed by atoms with E-state index in [1.54, 1.807) is 0 Å². The minimum atomic E-state index is -1.44. The smallest absolute Gasteiger partial charge is 0.347 e. The molecule has 1 rings (SSSR count). The largest absolute Gasteiger partial charge is 0.493 e. The highest BCUT2D eigenvalue weighted by molar-refractivity contribution is 5.76. The van der Waals surface area contributed by atoms with Gasteiger partial charge in [-0.3, -0.25) is 0 Å². The van der Waals surface area contributed by atoms with Gasteiger partial charge in [-0.2, -0.15) is 0 Å². The van der Waals surface area contributed by atoms with E-state index in [4.69, 9.17) is 14.6 Å². The van der Waals surface area contributed by atoms with E-state index in [0.29, 0.717) is 0 Å². The molecular weight excluding hydrogens is 215 g/mol. The lowest BCUT2D eigenvalue weighted by Gasteiger charge is -2.22. The zero-order valence-corrected chi connectivity index (χ0v) is 9.28. The molecule has 0 aliphatic rings. The second-order valence-electron chi connectivity index (χ2n) is 3.71. The Bertz CT molecular complexity index is 401. The first-order chi connectivity index (χ1) is 7.36. The van der Waals surface area contributed by atoms with Gasteiger partial charge in [-0.15, -0.1) is 0 Å². The first kappa shape index (κ1) is 12.3. The summed E-state index contributed by atoms with van der Waals surface area (Å²) in [6, 6.07) is 3.67. The van der Waals surface area contributed by atoms with Crippen LogP contribution >= 0.6 is 0 Å². The van der Waals surface area contributed by atoms with Crippen molar-refractivity contribution in [2.24, 2.45) is 0 Å². The first-order valence-corrected chi connectivity index (χ1v) is 4.63. The summed E-state index contributed by atoms with van der Waals surface area (Å²) >= 11 is 0. The van der Waals surface area contributed by atoms with Crippen molar-refractivity contribution in [3.8, 4) is 11.5 Å². The van der Waals surface area contributed by atoms with Crippen LogP contribution in [0.4, 0.5) is 4.39 Å². The fraction of sp³-hybridized carbons (Fsp3) is 0.364. The van der Waals surface area contributed by atoms with Gasteiger partial charge in [0.1, 0.15) is 5.82 Å². The highest BCUT2D eigenvalue weighted by atomic mass is 19.1. The number of ether oxygens (including phenoxy) is 2. The number of hydrogen-bond donors (Lipinski definition) is 1. The van der Waals surface area contributed by atoms with Gasteiger partial charge in [0.15, 0.2) is 17.1 Å². The number of benzene rings is 1. The van der Waals surface area contributed by atoms with Gasteiger partial charge in [0.25, 0.3) is 0 Å². The van der Waals surface area contributed by atoms with Gasteiger partial charge in [-0.25, -0.2) is 9.18 Å². The van der Waals surface area contributed by atoms with Gasteiger partial charge in [-0.1, -0.05) is 0 Å². The van der Waals surface area contributed by atoms with Gasteiger partial charge in [0.2, 0.25) is 0 Å². The Balaban J connectivity index is 3.04. The minimum Gasteiger partial charge on any atom is -0.493 e. The summed E-state index contributed by atoms with van der Waals surface area (Å²) in [6.07, 6.45) is 0. The molecule has 0 bridgehead atoms. The van der Waals surface area contributed by atoms with Gasteiger partial charge < -0.3 is 14.6 Å². The van der Waals surface area contributed by atoms with Crippen LogP contribution in [-0.4, -0.2) is 23.8 Å². The summed E-state index contributed by atoms with van der Waals surface area (Å²) in [5, 5.41) is 8.88. The van der Waals surface area contributed by atoms with Crippen LogP contribution in [0.3, 0.4) is 0 Å². The lowest BCUT2D eigenvalue weighted by atomic mass is 10.1. The normalized spacial score (nSPS) is 11.0. The Labute approximate surface area is 92.6 Å². The zero-order chi connectivity index (χ0) is 12.3. The fourth-order valence-electron chi connectivity index (χ4n) is 1.05. The third-order valence-electron chi connectivity index (χ3n) is 2.01. The molecule has 0 atom stereocenters. The molecule has 5 heteroatoms. The minimum absolute atomic E-state index is 0.0647. The summed E-state index contributed by atoms with van der Waals surface area (Å²) in [5.41, 5.74) is -1.44. The van der Waals surface area contributed by atoms with E-state index < -0.39 is 17.4 Å². The third kappa shape index (κ3) is 2.62. The lowest BCUT2D eigenvalue weighted by molar-refractivity contribution is -0.152. The molecule has 0 saturated heterocycles. The van der Waals surface area contributed by atoms with Crippen LogP contribution in [0.2, 0.25) is 0 Å². The number of halogens is 1. The Morgan fingerprint density at radius 1 is 1.38 bits per heavy atom. The van der Waals surface area contributed by atoms with Gasteiger partial charge in [-0.05, 0) is 26.0 Å². The average molecular weight is 228 g/mol. The van der Waals surface area contributed by atoms with Crippen molar-refractivity contribution in [1.82, 2.24) is 0 Å². The number of rotatable bonds is 4. The standard InChI is InChI=1S/C11H13FO4/c1-11(2,10(13)14)16-9-6-7(12)4-5-8(9)15-3/h4-6H,1-3H3,(H,13,14). The molecule has 0 spiro atoms. The molecule has 1 aromatic carbocycles. The number of carbonyl (C=O) groups is 1. The number of carboxylic acids is 1. The maximum Gasteiger partial charge on any atom is 0.347 e. The Kier molecular flexibility index (Phi) is 3.37. The number of carboxylic acid groups (broad SMARTS) is 1. The van der Waals surface area contributed by atoms with E-state index in [-0.39, 0.29) is 11.5 Å². The molecular formula is C11H13FO4. The van der Waals surface area contributed by atoms with Crippen molar-refractivity contribution in [2.75, 3.05) is 7.11 Å². The predicted octanol–water partition coefficient (Wildman–Crippen LogP) is 2.08. The average Bonchev–Trinajstić information content (AvgIpc) is 2.17. The molecule has 0 aliphatic heterocycles. The van der Waals surface area contributed by atoms with Crippen LogP contribution in [0.25, 0.3) is 0 Å². The quantitative estimate of drug-likeness (QED) is 0.857. The van der Waals surface area contributed by atoms with E-state index in [9.17, 15) is 9.18 Å². The molecule has 1 N–H and O–H groups in total. The van der Waals surface area contributed by atoms with Crippen LogP contribution in [-0.2, 0) is 4.79 Å². The molecule has 88 valence electrons. The molecule has 0 amide bonds. The summed E-state index contributed by atoms with van der Waals surface area (Å²) < 4.78 is 23.1. The molecule has 0 unspecified atom stereocenters. The van der Waals surface area contributed by atoms with Crippen LogP contribution in [0.5, 0.6) is 11.5 Å². The second kappa shape index (κ2) is 4.38. The highest BCUT2D eigenvalue weighted by Gasteiger charge is 2.30. The van der Waals surface area contributed by atoms with Gasteiger partial charge >= 0.3 is 5.97 Å². The van der Waals surface area contributed by atoms with Gasteiger partial charge in [0, 0.05) is 6.07 Å². The molecule has 0 aliphatic carbocycles. The lowest BCUT2D eigenvalue weighted by Crippen LogP contribution is -2.38. The number of methoxy groups -OCH3 is 1. The second-order valence-corrected chi connectivity index (χ2v) is 3.71. The zero-order valence-electron chi connectivity index (χ0n) is 9.28.